The largest absolute Gasteiger partial charge is 0.326 e. The highest BCUT2D eigenvalue weighted by atomic mass is 35.5. The maximum atomic E-state index is 12.3. The van der Waals surface area contributed by atoms with Crippen LogP contribution in [0.25, 0.3) is 11.4 Å². The minimum Gasteiger partial charge on any atom is -0.326 e. The zero-order chi connectivity index (χ0) is 19.1. The van der Waals surface area contributed by atoms with Crippen molar-refractivity contribution < 1.29 is 4.79 Å². The molecule has 6 nitrogen and oxygen atoms in total. The molecule has 3 aromatic rings. The predicted molar refractivity (Wildman–Crippen MR) is 114 cm³/mol. The summed E-state index contributed by atoms with van der Waals surface area (Å²) in [6.45, 7) is 2.51. The number of aryl methyl sites for hydroxylation is 1. The third kappa shape index (κ3) is 5.90. The number of hydrogen-bond acceptors (Lipinski definition) is 4. The van der Waals surface area contributed by atoms with Crippen molar-refractivity contribution in [1.82, 2.24) is 15.2 Å². The molecule has 148 valence electrons. The second-order valence-corrected chi connectivity index (χ2v) is 6.53. The maximum absolute atomic E-state index is 12.3. The van der Waals surface area contributed by atoms with E-state index in [1.54, 1.807) is 0 Å². The summed E-state index contributed by atoms with van der Waals surface area (Å²) in [5.41, 5.74) is 9.48. The topological polar surface area (TPSA) is 96.7 Å². The van der Waals surface area contributed by atoms with Crippen molar-refractivity contribution in [2.24, 2.45) is 5.73 Å². The highest BCUT2D eigenvalue weighted by Crippen LogP contribution is 2.18. The number of unbranched alkanes of at least 4 members (excludes halogenated alkanes) is 1. The van der Waals surface area contributed by atoms with Crippen LogP contribution >= 0.6 is 12.4 Å². The minimum atomic E-state index is -0.0348. The number of nitrogens with zero attached hydrogens (tertiary/aromatic N) is 2. The summed E-state index contributed by atoms with van der Waals surface area (Å²) >= 11 is 0. The summed E-state index contributed by atoms with van der Waals surface area (Å²) in [6.07, 6.45) is 3.83. The lowest BCUT2D eigenvalue weighted by Gasteiger charge is -2.07. The fraction of sp³-hybridized carbons (Fsp3) is 0.286. The van der Waals surface area contributed by atoms with Gasteiger partial charge in [-0.05, 0) is 48.2 Å². The molecule has 4 N–H and O–H groups in total. The lowest BCUT2D eigenvalue weighted by atomic mass is 10.0. The number of amides is 1. The predicted octanol–water partition coefficient (Wildman–Crippen LogP) is 3.88. The normalized spacial score (nSPS) is 10.4. The third-order valence-electron chi connectivity index (χ3n) is 4.36. The van der Waals surface area contributed by atoms with E-state index in [1.807, 2.05) is 36.4 Å². The van der Waals surface area contributed by atoms with Gasteiger partial charge in [0.1, 0.15) is 5.82 Å². The van der Waals surface area contributed by atoms with Crippen LogP contribution in [0.4, 0.5) is 5.69 Å². The molecular weight excluding hydrogens is 374 g/mol. The highest BCUT2D eigenvalue weighted by Gasteiger charge is 2.07. The van der Waals surface area contributed by atoms with Crippen molar-refractivity contribution in [3.05, 3.63) is 65.5 Å². The molecule has 7 heteroatoms. The molecule has 0 saturated carbocycles. The van der Waals surface area contributed by atoms with Crippen LogP contribution in [-0.4, -0.2) is 21.1 Å². The molecule has 0 spiro atoms. The Morgan fingerprint density at radius 3 is 2.36 bits per heavy atom. The average Bonchev–Trinajstić information content (AvgIpc) is 3.17. The fourth-order valence-electron chi connectivity index (χ4n) is 2.81. The zero-order valence-corrected chi connectivity index (χ0v) is 16.8. The van der Waals surface area contributed by atoms with Gasteiger partial charge < -0.3 is 11.1 Å². The van der Waals surface area contributed by atoms with E-state index in [2.05, 4.69) is 39.6 Å². The lowest BCUT2D eigenvalue weighted by Crippen LogP contribution is -2.14. The van der Waals surface area contributed by atoms with E-state index >= 15 is 0 Å². The summed E-state index contributed by atoms with van der Waals surface area (Å²) in [6, 6.07) is 15.7. The standard InChI is InChI=1S/C21H25N5O.ClH/c1-2-3-4-15-5-7-16(8-6-15)13-20(27)23-18-11-9-17(10-12-18)21-24-19(14-22)25-26-21;/h5-12H,2-4,13-14,22H2,1H3,(H,23,27)(H,24,25,26);1H. The molecule has 0 aliphatic carbocycles. The van der Waals surface area contributed by atoms with Gasteiger partial charge in [-0.15, -0.1) is 12.4 Å². The third-order valence-corrected chi connectivity index (χ3v) is 4.36. The van der Waals surface area contributed by atoms with Crippen molar-refractivity contribution >= 4 is 24.0 Å². The van der Waals surface area contributed by atoms with E-state index in [9.17, 15) is 4.79 Å². The first-order valence-electron chi connectivity index (χ1n) is 9.27. The molecule has 0 aliphatic heterocycles. The van der Waals surface area contributed by atoms with Crippen LogP contribution in [0, 0.1) is 0 Å². The smallest absolute Gasteiger partial charge is 0.228 e. The van der Waals surface area contributed by atoms with Gasteiger partial charge in [0.05, 0.1) is 13.0 Å². The van der Waals surface area contributed by atoms with E-state index in [0.717, 1.165) is 23.2 Å². The van der Waals surface area contributed by atoms with Crippen molar-refractivity contribution in [3.8, 4) is 11.4 Å². The number of halogens is 1. The van der Waals surface area contributed by atoms with Crippen LogP contribution in [0.15, 0.2) is 48.5 Å². The molecule has 1 heterocycles. The number of H-pyrrole nitrogens is 1. The van der Waals surface area contributed by atoms with Crippen molar-refractivity contribution in [2.75, 3.05) is 5.32 Å². The average molecular weight is 400 g/mol. The number of carbonyl (C=O) groups excluding carboxylic acids is 1. The molecule has 0 saturated heterocycles. The van der Waals surface area contributed by atoms with E-state index in [-0.39, 0.29) is 18.3 Å². The van der Waals surface area contributed by atoms with E-state index in [0.29, 0.717) is 24.6 Å². The Balaban J connectivity index is 0.00000280. The Bertz CT molecular complexity index is 875. The van der Waals surface area contributed by atoms with Crippen LogP contribution in [0.2, 0.25) is 0 Å². The molecule has 0 bridgehead atoms. The van der Waals surface area contributed by atoms with Crippen LogP contribution in [0.5, 0.6) is 0 Å². The number of nitrogens with two attached hydrogens (primary N) is 1. The maximum Gasteiger partial charge on any atom is 0.228 e. The van der Waals surface area contributed by atoms with Gasteiger partial charge in [-0.25, -0.2) is 4.98 Å². The fourth-order valence-corrected chi connectivity index (χ4v) is 2.81. The van der Waals surface area contributed by atoms with E-state index in [4.69, 9.17) is 5.73 Å². The molecule has 3 rings (SSSR count). The van der Waals surface area contributed by atoms with Gasteiger partial charge in [-0.1, -0.05) is 37.6 Å². The van der Waals surface area contributed by atoms with E-state index in [1.165, 1.54) is 18.4 Å². The molecule has 2 aromatic carbocycles. The number of rotatable bonds is 8. The number of anilines is 1. The van der Waals surface area contributed by atoms with Gasteiger partial charge >= 0.3 is 0 Å². The van der Waals surface area contributed by atoms with Gasteiger partial charge in [0, 0.05) is 11.3 Å². The Kier molecular flexibility index (Phi) is 8.17. The number of benzene rings is 2. The number of nitrogens with one attached hydrogen (secondary N) is 2. The number of hydrogen-bond donors (Lipinski definition) is 3. The molecule has 0 unspecified atom stereocenters. The SMILES string of the molecule is CCCCc1ccc(CC(=O)Nc2ccc(-c3n[nH]c(CN)n3)cc2)cc1.Cl. The number of aromatic nitrogens is 3. The number of aromatic amines is 1. The summed E-state index contributed by atoms with van der Waals surface area (Å²) in [5.74, 6) is 1.20. The van der Waals surface area contributed by atoms with Gasteiger partial charge in [0.25, 0.3) is 0 Å². The van der Waals surface area contributed by atoms with Crippen LogP contribution < -0.4 is 11.1 Å². The Morgan fingerprint density at radius 2 is 1.75 bits per heavy atom. The van der Waals surface area contributed by atoms with Crippen molar-refractivity contribution in [2.45, 2.75) is 39.2 Å². The van der Waals surface area contributed by atoms with E-state index < -0.39 is 0 Å². The summed E-state index contributed by atoms with van der Waals surface area (Å²) < 4.78 is 0. The second-order valence-electron chi connectivity index (χ2n) is 6.53. The monoisotopic (exact) mass is 399 g/mol. The van der Waals surface area contributed by atoms with Crippen molar-refractivity contribution in [3.63, 3.8) is 0 Å². The summed E-state index contributed by atoms with van der Waals surface area (Å²) in [5, 5.41) is 9.84. The molecule has 0 radical (unpaired) electrons. The number of carbonyl (C=O) groups is 1. The molecule has 0 atom stereocenters. The Labute approximate surface area is 171 Å². The first-order chi connectivity index (χ1) is 13.2. The molecule has 1 aromatic heterocycles. The Morgan fingerprint density at radius 1 is 1.07 bits per heavy atom. The quantitative estimate of drug-likeness (QED) is 0.535. The zero-order valence-electron chi connectivity index (χ0n) is 15.9. The van der Waals surface area contributed by atoms with Crippen molar-refractivity contribution in [1.29, 1.82) is 0 Å². The van der Waals surface area contributed by atoms with Gasteiger partial charge in [-0.3, -0.25) is 9.89 Å². The van der Waals surface area contributed by atoms with Gasteiger partial charge in [-0.2, -0.15) is 5.10 Å². The Hall–Kier alpha value is -2.70. The van der Waals surface area contributed by atoms with Crippen LogP contribution in [-0.2, 0) is 24.2 Å². The first-order valence-corrected chi connectivity index (χ1v) is 9.27. The first kappa shape index (κ1) is 21.6. The minimum absolute atomic E-state index is 0. The molecule has 1 amide bonds. The molecule has 0 fully saturated rings. The molecule has 28 heavy (non-hydrogen) atoms. The van der Waals surface area contributed by atoms with Gasteiger partial charge in [0.15, 0.2) is 5.82 Å². The summed E-state index contributed by atoms with van der Waals surface area (Å²) in [7, 11) is 0. The highest BCUT2D eigenvalue weighted by molar-refractivity contribution is 5.92. The van der Waals surface area contributed by atoms with Crippen LogP contribution in [0.1, 0.15) is 36.7 Å². The summed E-state index contributed by atoms with van der Waals surface area (Å²) in [4.78, 5) is 16.6. The lowest BCUT2D eigenvalue weighted by molar-refractivity contribution is -0.115. The van der Waals surface area contributed by atoms with Crippen LogP contribution in [0.3, 0.4) is 0 Å². The van der Waals surface area contributed by atoms with Gasteiger partial charge in [0.2, 0.25) is 5.91 Å². The molecular formula is C21H26ClN5O. The molecule has 0 aliphatic rings. The second kappa shape index (κ2) is 10.6.